The third-order valence-corrected chi connectivity index (χ3v) is 3.22. The van der Waals surface area contributed by atoms with Crippen LogP contribution in [0.3, 0.4) is 0 Å². The molecule has 0 saturated carbocycles. The summed E-state index contributed by atoms with van der Waals surface area (Å²) >= 11 is 0. The summed E-state index contributed by atoms with van der Waals surface area (Å²) in [6, 6.07) is 4.44. The number of nitrogens with zero attached hydrogens (tertiary/aromatic N) is 2. The molecule has 0 aliphatic rings. The number of carbonyl (C=O) groups is 2. The number of amides is 2. The van der Waals surface area contributed by atoms with Crippen LogP contribution in [0.25, 0.3) is 0 Å². The smallest absolute Gasteiger partial charge is 0.326 e. The van der Waals surface area contributed by atoms with E-state index in [2.05, 4.69) is 10.3 Å². The van der Waals surface area contributed by atoms with Gasteiger partial charge in [0.2, 0.25) is 0 Å². The first kappa shape index (κ1) is 16.9. The SMILES string of the molecule is CCCC[C@H](NC(=O)N(C)CCc1ccccn1)C(=O)O. The number of likely N-dealkylation sites (N-methyl/N-ethyl adjacent to an activating group) is 1. The van der Waals surface area contributed by atoms with Gasteiger partial charge in [0.1, 0.15) is 6.04 Å². The number of rotatable bonds is 8. The van der Waals surface area contributed by atoms with Crippen LogP contribution >= 0.6 is 0 Å². The lowest BCUT2D eigenvalue weighted by Crippen LogP contribution is -2.47. The van der Waals surface area contributed by atoms with Crippen LogP contribution in [0.4, 0.5) is 4.79 Å². The third-order valence-electron chi connectivity index (χ3n) is 3.22. The average Bonchev–Trinajstić information content (AvgIpc) is 2.49. The molecular weight excluding hydrogens is 270 g/mol. The Morgan fingerprint density at radius 3 is 2.76 bits per heavy atom. The van der Waals surface area contributed by atoms with E-state index in [1.54, 1.807) is 13.2 Å². The zero-order valence-corrected chi connectivity index (χ0v) is 12.6. The molecule has 0 fully saturated rings. The molecule has 0 aliphatic heterocycles. The Morgan fingerprint density at radius 2 is 2.19 bits per heavy atom. The number of carbonyl (C=O) groups excluding carboxylic acids is 1. The van der Waals surface area contributed by atoms with Crippen LogP contribution in [0, 0.1) is 0 Å². The van der Waals surface area contributed by atoms with Gasteiger partial charge in [0.25, 0.3) is 0 Å². The normalized spacial score (nSPS) is 11.7. The Balaban J connectivity index is 2.43. The van der Waals surface area contributed by atoms with Gasteiger partial charge in [-0.2, -0.15) is 0 Å². The number of hydrogen-bond donors (Lipinski definition) is 2. The van der Waals surface area contributed by atoms with Gasteiger partial charge < -0.3 is 15.3 Å². The first-order valence-electron chi connectivity index (χ1n) is 7.19. The minimum absolute atomic E-state index is 0.366. The van der Waals surface area contributed by atoms with Crippen molar-refractivity contribution in [3.05, 3.63) is 30.1 Å². The summed E-state index contributed by atoms with van der Waals surface area (Å²) in [5.74, 6) is -0.991. The second-order valence-electron chi connectivity index (χ2n) is 4.98. The van der Waals surface area contributed by atoms with Crippen molar-refractivity contribution in [3.63, 3.8) is 0 Å². The van der Waals surface area contributed by atoms with Crippen molar-refractivity contribution >= 4 is 12.0 Å². The van der Waals surface area contributed by atoms with Gasteiger partial charge >= 0.3 is 12.0 Å². The molecule has 1 aromatic heterocycles. The molecule has 0 unspecified atom stereocenters. The largest absolute Gasteiger partial charge is 0.480 e. The fraction of sp³-hybridized carbons (Fsp3) is 0.533. The van der Waals surface area contributed by atoms with Crippen LogP contribution in [0.1, 0.15) is 31.9 Å². The van der Waals surface area contributed by atoms with Crippen molar-refractivity contribution in [2.45, 2.75) is 38.6 Å². The van der Waals surface area contributed by atoms with Crippen molar-refractivity contribution in [1.82, 2.24) is 15.2 Å². The molecule has 0 radical (unpaired) electrons. The van der Waals surface area contributed by atoms with Gasteiger partial charge in [-0.05, 0) is 18.6 Å². The molecular formula is C15H23N3O3. The standard InChI is InChI=1S/C15H23N3O3/c1-3-4-8-13(14(19)20)17-15(21)18(2)11-9-12-7-5-6-10-16-12/h5-7,10,13H,3-4,8-9,11H2,1-2H3,(H,17,21)(H,19,20)/t13-/m0/s1. The van der Waals surface area contributed by atoms with Crippen LogP contribution in [-0.4, -0.2) is 46.6 Å². The zero-order valence-electron chi connectivity index (χ0n) is 12.6. The van der Waals surface area contributed by atoms with Crippen LogP contribution < -0.4 is 5.32 Å². The molecule has 116 valence electrons. The number of carboxylic acids is 1. The predicted octanol–water partition coefficient (Wildman–Crippen LogP) is 1.91. The average molecular weight is 293 g/mol. The second kappa shape index (κ2) is 8.94. The minimum atomic E-state index is -0.991. The van der Waals surface area contributed by atoms with Crippen molar-refractivity contribution in [2.75, 3.05) is 13.6 Å². The molecule has 1 heterocycles. The van der Waals surface area contributed by atoms with Crippen LogP contribution in [0.15, 0.2) is 24.4 Å². The monoisotopic (exact) mass is 293 g/mol. The van der Waals surface area contributed by atoms with E-state index in [4.69, 9.17) is 5.11 Å². The van der Waals surface area contributed by atoms with Gasteiger partial charge in [-0.3, -0.25) is 4.98 Å². The maximum Gasteiger partial charge on any atom is 0.326 e. The van der Waals surface area contributed by atoms with Crippen LogP contribution in [0.2, 0.25) is 0 Å². The number of aliphatic carboxylic acids is 1. The molecule has 2 N–H and O–H groups in total. The van der Waals surface area contributed by atoms with Crippen molar-refractivity contribution < 1.29 is 14.7 Å². The third kappa shape index (κ3) is 6.25. The lowest BCUT2D eigenvalue weighted by Gasteiger charge is -2.21. The Labute approximate surface area is 125 Å². The Kier molecular flexibility index (Phi) is 7.21. The van der Waals surface area contributed by atoms with E-state index in [1.165, 1.54) is 4.90 Å². The summed E-state index contributed by atoms with van der Waals surface area (Å²) in [4.78, 5) is 28.7. The first-order valence-corrected chi connectivity index (χ1v) is 7.19. The molecule has 0 bridgehead atoms. The number of nitrogens with one attached hydrogen (secondary N) is 1. The van der Waals surface area contributed by atoms with Gasteiger partial charge in [-0.25, -0.2) is 9.59 Å². The van der Waals surface area contributed by atoms with E-state index >= 15 is 0 Å². The van der Waals surface area contributed by atoms with Gasteiger partial charge in [0.05, 0.1) is 0 Å². The molecule has 1 aromatic rings. The van der Waals surface area contributed by atoms with E-state index in [0.29, 0.717) is 19.4 Å². The van der Waals surface area contributed by atoms with E-state index in [-0.39, 0.29) is 6.03 Å². The molecule has 0 aliphatic carbocycles. The summed E-state index contributed by atoms with van der Waals surface area (Å²) in [7, 11) is 1.65. The Morgan fingerprint density at radius 1 is 1.43 bits per heavy atom. The van der Waals surface area contributed by atoms with Crippen molar-refractivity contribution in [3.8, 4) is 0 Å². The second-order valence-corrected chi connectivity index (χ2v) is 4.98. The number of urea groups is 1. The molecule has 0 aromatic carbocycles. The summed E-state index contributed by atoms with van der Waals surface area (Å²) in [5.41, 5.74) is 0.901. The first-order chi connectivity index (χ1) is 10.0. The maximum absolute atomic E-state index is 12.0. The fourth-order valence-electron chi connectivity index (χ4n) is 1.85. The minimum Gasteiger partial charge on any atom is -0.480 e. The topological polar surface area (TPSA) is 82.5 Å². The van der Waals surface area contributed by atoms with Gasteiger partial charge in [-0.1, -0.05) is 25.8 Å². The molecule has 2 amide bonds. The highest BCUT2D eigenvalue weighted by Crippen LogP contribution is 2.02. The van der Waals surface area contributed by atoms with Crippen LogP contribution in [-0.2, 0) is 11.2 Å². The highest BCUT2D eigenvalue weighted by Gasteiger charge is 2.20. The zero-order chi connectivity index (χ0) is 15.7. The summed E-state index contributed by atoms with van der Waals surface area (Å²) in [5, 5.41) is 11.6. The van der Waals surface area contributed by atoms with E-state index < -0.39 is 12.0 Å². The summed E-state index contributed by atoms with van der Waals surface area (Å²) in [6.45, 7) is 2.47. The number of aromatic nitrogens is 1. The highest BCUT2D eigenvalue weighted by atomic mass is 16.4. The number of hydrogen-bond acceptors (Lipinski definition) is 3. The molecule has 6 heteroatoms. The Bertz CT molecular complexity index is 451. The lowest BCUT2D eigenvalue weighted by molar-refractivity contribution is -0.139. The predicted molar refractivity (Wildman–Crippen MR) is 80.1 cm³/mol. The van der Waals surface area contributed by atoms with Crippen molar-refractivity contribution in [2.24, 2.45) is 0 Å². The fourth-order valence-corrected chi connectivity index (χ4v) is 1.85. The summed E-state index contributed by atoms with van der Waals surface area (Å²) in [6.07, 6.45) is 4.47. The van der Waals surface area contributed by atoms with Crippen molar-refractivity contribution in [1.29, 1.82) is 0 Å². The molecule has 1 rings (SSSR count). The van der Waals surface area contributed by atoms with Gasteiger partial charge in [-0.15, -0.1) is 0 Å². The highest BCUT2D eigenvalue weighted by molar-refractivity contribution is 5.82. The number of carboxylic acid groups (broad SMARTS) is 1. The van der Waals surface area contributed by atoms with E-state index in [1.807, 2.05) is 25.1 Å². The molecule has 1 atom stereocenters. The molecule has 0 spiro atoms. The van der Waals surface area contributed by atoms with Gasteiger partial charge in [0, 0.05) is 31.9 Å². The number of pyridine rings is 1. The quantitative estimate of drug-likeness (QED) is 0.767. The molecule has 21 heavy (non-hydrogen) atoms. The van der Waals surface area contributed by atoms with Gasteiger partial charge in [0.15, 0.2) is 0 Å². The van der Waals surface area contributed by atoms with E-state index in [9.17, 15) is 9.59 Å². The lowest BCUT2D eigenvalue weighted by atomic mass is 10.1. The molecule has 6 nitrogen and oxygen atoms in total. The van der Waals surface area contributed by atoms with E-state index in [0.717, 1.165) is 18.5 Å². The maximum atomic E-state index is 12.0. The summed E-state index contributed by atoms with van der Waals surface area (Å²) < 4.78 is 0. The Hall–Kier alpha value is -2.11. The number of unbranched alkanes of at least 4 members (excludes halogenated alkanes) is 1. The van der Waals surface area contributed by atoms with Crippen LogP contribution in [0.5, 0.6) is 0 Å². The molecule has 0 saturated heterocycles.